The highest BCUT2D eigenvalue weighted by atomic mass is 32.2. The molecule has 0 aliphatic carbocycles. The smallest absolute Gasteiger partial charge is 0.129 e. The first-order chi connectivity index (χ1) is 9.68. The Kier molecular flexibility index (Phi) is 7.05. The lowest BCUT2D eigenvalue weighted by molar-refractivity contribution is 0.480. The van der Waals surface area contributed by atoms with E-state index in [2.05, 4.69) is 75.4 Å². The fraction of sp³-hybridized carbons (Fsp3) is 0.722. The lowest BCUT2D eigenvalue weighted by Crippen LogP contribution is -2.11. The van der Waals surface area contributed by atoms with Crippen LogP contribution in [-0.2, 0) is 5.41 Å². The molecule has 0 aliphatic heterocycles. The van der Waals surface area contributed by atoms with Crippen LogP contribution in [0.5, 0.6) is 0 Å². The normalized spacial score (nSPS) is 13.2. The number of imidazole rings is 1. The topological polar surface area (TPSA) is 28.7 Å². The standard InChI is InChI=1S/C18H32N2S/c1-17(2,3)14-21-12-10-8-7-9-11-16-19-13-15(20-16)18(4,5)6/h9,11,13H,7-8,10,12,14H2,1-6H3,(H,19,20)/b11-9+. The zero-order valence-corrected chi connectivity index (χ0v) is 15.4. The van der Waals surface area contributed by atoms with E-state index in [0.717, 1.165) is 12.2 Å². The summed E-state index contributed by atoms with van der Waals surface area (Å²) < 4.78 is 0. The molecular weight excluding hydrogens is 276 g/mol. The van der Waals surface area contributed by atoms with E-state index in [1.807, 2.05) is 6.20 Å². The number of aromatic nitrogens is 2. The summed E-state index contributed by atoms with van der Waals surface area (Å²) in [6.45, 7) is 13.5. The number of unbranched alkanes of at least 4 members (excludes halogenated alkanes) is 2. The molecule has 1 rings (SSSR count). The van der Waals surface area contributed by atoms with Gasteiger partial charge in [-0.3, -0.25) is 0 Å². The summed E-state index contributed by atoms with van der Waals surface area (Å²) in [6.07, 6.45) is 10.00. The second-order valence-electron chi connectivity index (χ2n) is 7.94. The Morgan fingerprint density at radius 3 is 2.43 bits per heavy atom. The fourth-order valence-corrected chi connectivity index (χ4v) is 3.01. The molecule has 1 heterocycles. The van der Waals surface area contributed by atoms with E-state index in [1.54, 1.807) is 0 Å². The van der Waals surface area contributed by atoms with Crippen LogP contribution in [0.4, 0.5) is 0 Å². The molecule has 0 aromatic carbocycles. The summed E-state index contributed by atoms with van der Waals surface area (Å²) in [6, 6.07) is 0. The SMILES string of the molecule is CC(C)(C)CSCCCC/C=C/c1ncc(C(C)(C)C)[nH]1. The molecule has 0 bridgehead atoms. The van der Waals surface area contributed by atoms with E-state index in [9.17, 15) is 0 Å². The Labute approximate surface area is 135 Å². The third-order valence-electron chi connectivity index (χ3n) is 3.12. The Morgan fingerprint density at radius 1 is 1.14 bits per heavy atom. The van der Waals surface area contributed by atoms with Crippen molar-refractivity contribution in [1.29, 1.82) is 0 Å². The van der Waals surface area contributed by atoms with Gasteiger partial charge < -0.3 is 4.98 Å². The molecule has 120 valence electrons. The van der Waals surface area contributed by atoms with Crippen LogP contribution in [0.2, 0.25) is 0 Å². The Morgan fingerprint density at radius 2 is 1.86 bits per heavy atom. The van der Waals surface area contributed by atoms with Gasteiger partial charge in [-0.15, -0.1) is 0 Å². The monoisotopic (exact) mass is 308 g/mol. The second-order valence-corrected chi connectivity index (χ2v) is 9.05. The quantitative estimate of drug-likeness (QED) is 0.657. The van der Waals surface area contributed by atoms with Crippen molar-refractivity contribution in [1.82, 2.24) is 9.97 Å². The minimum atomic E-state index is 0.142. The summed E-state index contributed by atoms with van der Waals surface area (Å²) in [5, 5.41) is 0. The first-order valence-corrected chi connectivity index (χ1v) is 9.14. The summed E-state index contributed by atoms with van der Waals surface area (Å²) in [5.41, 5.74) is 1.79. The van der Waals surface area contributed by atoms with Crippen LogP contribution in [0, 0.1) is 5.41 Å². The van der Waals surface area contributed by atoms with Crippen LogP contribution in [0.15, 0.2) is 12.3 Å². The van der Waals surface area contributed by atoms with Crippen molar-refractivity contribution in [2.24, 2.45) is 5.41 Å². The molecule has 0 fully saturated rings. The number of rotatable bonds is 7. The van der Waals surface area contributed by atoms with Crippen LogP contribution in [0.3, 0.4) is 0 Å². The highest BCUT2D eigenvalue weighted by Crippen LogP contribution is 2.21. The molecule has 0 atom stereocenters. The van der Waals surface area contributed by atoms with Crippen LogP contribution in [0.25, 0.3) is 6.08 Å². The lowest BCUT2D eigenvalue weighted by atomic mass is 9.93. The van der Waals surface area contributed by atoms with Crippen molar-refractivity contribution >= 4 is 17.8 Å². The summed E-state index contributed by atoms with van der Waals surface area (Å²) in [5.74, 6) is 3.51. The number of nitrogens with zero attached hydrogens (tertiary/aromatic N) is 1. The number of H-pyrrole nitrogens is 1. The average molecular weight is 309 g/mol. The van der Waals surface area contributed by atoms with Crippen molar-refractivity contribution in [3.05, 3.63) is 23.8 Å². The molecule has 21 heavy (non-hydrogen) atoms. The number of thioether (sulfide) groups is 1. The minimum Gasteiger partial charge on any atom is -0.342 e. The molecule has 0 amide bonds. The molecule has 0 spiro atoms. The molecule has 3 heteroatoms. The molecule has 0 saturated heterocycles. The Bertz CT molecular complexity index is 433. The molecule has 1 aromatic heterocycles. The van der Waals surface area contributed by atoms with Gasteiger partial charge in [0.1, 0.15) is 5.82 Å². The maximum Gasteiger partial charge on any atom is 0.129 e. The number of aromatic amines is 1. The molecule has 2 nitrogen and oxygen atoms in total. The van der Waals surface area contributed by atoms with E-state index < -0.39 is 0 Å². The zero-order valence-electron chi connectivity index (χ0n) is 14.6. The largest absolute Gasteiger partial charge is 0.342 e. The Hall–Kier alpha value is -0.700. The van der Waals surface area contributed by atoms with Crippen LogP contribution in [-0.4, -0.2) is 21.5 Å². The first-order valence-electron chi connectivity index (χ1n) is 7.98. The zero-order chi connectivity index (χ0) is 15.9. The van der Waals surface area contributed by atoms with E-state index in [4.69, 9.17) is 0 Å². The maximum absolute atomic E-state index is 4.41. The molecule has 0 unspecified atom stereocenters. The van der Waals surface area contributed by atoms with Gasteiger partial charge in [0.2, 0.25) is 0 Å². The van der Waals surface area contributed by atoms with Crippen molar-refractivity contribution < 1.29 is 0 Å². The van der Waals surface area contributed by atoms with Crippen LogP contribution >= 0.6 is 11.8 Å². The van der Waals surface area contributed by atoms with Gasteiger partial charge in [0.15, 0.2) is 0 Å². The molecular formula is C18H32N2S. The highest BCUT2D eigenvalue weighted by Gasteiger charge is 2.15. The lowest BCUT2D eigenvalue weighted by Gasteiger charge is -2.16. The van der Waals surface area contributed by atoms with Gasteiger partial charge in [-0.25, -0.2) is 4.98 Å². The number of allylic oxidation sites excluding steroid dienone is 1. The van der Waals surface area contributed by atoms with E-state index in [1.165, 1.54) is 30.0 Å². The Balaban J connectivity index is 2.17. The van der Waals surface area contributed by atoms with Gasteiger partial charge in [0.05, 0.1) is 0 Å². The fourth-order valence-electron chi connectivity index (χ4n) is 1.84. The van der Waals surface area contributed by atoms with Gasteiger partial charge in [-0.1, -0.05) is 47.6 Å². The summed E-state index contributed by atoms with van der Waals surface area (Å²) in [7, 11) is 0. The predicted molar refractivity (Wildman–Crippen MR) is 97.0 cm³/mol. The van der Waals surface area contributed by atoms with Crippen molar-refractivity contribution in [2.45, 2.75) is 66.2 Å². The van der Waals surface area contributed by atoms with Crippen molar-refractivity contribution in [3.63, 3.8) is 0 Å². The second kappa shape index (κ2) is 8.07. The molecule has 1 aromatic rings. The molecule has 0 radical (unpaired) electrons. The van der Waals surface area contributed by atoms with Gasteiger partial charge in [0, 0.05) is 17.3 Å². The van der Waals surface area contributed by atoms with Gasteiger partial charge in [0.25, 0.3) is 0 Å². The number of hydrogen-bond donors (Lipinski definition) is 1. The molecule has 0 saturated carbocycles. The highest BCUT2D eigenvalue weighted by molar-refractivity contribution is 7.99. The third kappa shape index (κ3) is 8.35. The van der Waals surface area contributed by atoms with E-state index in [0.29, 0.717) is 5.41 Å². The molecule has 1 N–H and O–H groups in total. The maximum atomic E-state index is 4.41. The van der Waals surface area contributed by atoms with Crippen LogP contribution < -0.4 is 0 Å². The minimum absolute atomic E-state index is 0.142. The number of hydrogen-bond acceptors (Lipinski definition) is 2. The van der Waals surface area contributed by atoms with E-state index in [-0.39, 0.29) is 5.41 Å². The van der Waals surface area contributed by atoms with Crippen molar-refractivity contribution in [3.8, 4) is 0 Å². The average Bonchev–Trinajstić information content (AvgIpc) is 2.79. The van der Waals surface area contributed by atoms with E-state index >= 15 is 0 Å². The van der Waals surface area contributed by atoms with Crippen LogP contribution in [0.1, 0.15) is 72.3 Å². The number of nitrogens with one attached hydrogen (secondary N) is 1. The predicted octanol–water partition coefficient (Wildman–Crippen LogP) is 5.67. The van der Waals surface area contributed by atoms with Gasteiger partial charge >= 0.3 is 0 Å². The summed E-state index contributed by atoms with van der Waals surface area (Å²) in [4.78, 5) is 7.79. The summed E-state index contributed by atoms with van der Waals surface area (Å²) >= 11 is 2.08. The first kappa shape index (κ1) is 18.3. The third-order valence-corrected chi connectivity index (χ3v) is 4.77. The molecule has 0 aliphatic rings. The van der Waals surface area contributed by atoms with Gasteiger partial charge in [-0.2, -0.15) is 11.8 Å². The van der Waals surface area contributed by atoms with Gasteiger partial charge in [-0.05, 0) is 42.3 Å². The van der Waals surface area contributed by atoms with Crippen molar-refractivity contribution in [2.75, 3.05) is 11.5 Å².